The summed E-state index contributed by atoms with van der Waals surface area (Å²) in [6, 6.07) is 19.1. The third-order valence-corrected chi connectivity index (χ3v) is 5.36. The third kappa shape index (κ3) is 4.90. The first-order valence-corrected chi connectivity index (χ1v) is 10.7. The molecular weight excluding hydrogens is 414 g/mol. The number of anilines is 6. The number of benzene rings is 2. The van der Waals surface area contributed by atoms with Gasteiger partial charge in [0.05, 0.1) is 0 Å². The number of urea groups is 1. The molecule has 33 heavy (non-hydrogen) atoms. The lowest BCUT2D eigenvalue weighted by Crippen LogP contribution is -2.21. The zero-order valence-corrected chi connectivity index (χ0v) is 18.1. The number of rotatable bonds is 2. The molecule has 6 bridgehead atoms. The summed E-state index contributed by atoms with van der Waals surface area (Å²) in [4.78, 5) is 25.8. The van der Waals surface area contributed by atoms with Crippen molar-refractivity contribution in [2.24, 2.45) is 0 Å². The molecule has 0 radical (unpaired) electrons. The highest BCUT2D eigenvalue weighted by Gasteiger charge is 2.12. The van der Waals surface area contributed by atoms with Crippen LogP contribution in [0.1, 0.15) is 16.7 Å². The van der Waals surface area contributed by atoms with Crippen LogP contribution in [0.3, 0.4) is 0 Å². The monoisotopic (exact) mass is 437 g/mol. The summed E-state index contributed by atoms with van der Waals surface area (Å²) in [6.45, 7) is 1.96. The Hall–Kier alpha value is -4.46. The fraction of sp³-hybridized carbons (Fsp3) is 0.120. The molecule has 8 heteroatoms. The number of carbonyl (C=O) groups is 1. The minimum atomic E-state index is -0.337. The summed E-state index contributed by atoms with van der Waals surface area (Å²) in [5, 5.41) is 12.4. The van der Waals surface area contributed by atoms with Gasteiger partial charge in [0, 0.05) is 35.0 Å². The summed E-state index contributed by atoms with van der Waals surface area (Å²) >= 11 is 0. The molecule has 1 aliphatic heterocycles. The summed E-state index contributed by atoms with van der Waals surface area (Å²) in [7, 11) is 0. The Labute approximate surface area is 191 Å². The number of pyridine rings is 1. The van der Waals surface area contributed by atoms with Crippen molar-refractivity contribution in [2.75, 3.05) is 21.3 Å². The number of carbonyl (C=O) groups excluding carboxylic acids is 1. The highest BCUT2D eigenvalue weighted by atomic mass is 16.2. The SMILES string of the molecule is Cc1cnc2nc1Nc1ccc(NC(=O)Nc3ccccn3)c(c1)CCc1cccc(c1)N2. The molecule has 8 nitrogen and oxygen atoms in total. The Morgan fingerprint density at radius 1 is 0.909 bits per heavy atom. The molecule has 0 saturated carbocycles. The number of nitrogens with zero attached hydrogens (tertiary/aromatic N) is 3. The van der Waals surface area contributed by atoms with Crippen LogP contribution in [0.4, 0.5) is 39.4 Å². The van der Waals surface area contributed by atoms with Gasteiger partial charge in [0.2, 0.25) is 5.95 Å². The molecule has 0 saturated heterocycles. The average molecular weight is 438 g/mol. The number of aromatic nitrogens is 3. The van der Waals surface area contributed by atoms with Gasteiger partial charge >= 0.3 is 6.03 Å². The van der Waals surface area contributed by atoms with Crippen LogP contribution >= 0.6 is 0 Å². The van der Waals surface area contributed by atoms with E-state index < -0.39 is 0 Å². The van der Waals surface area contributed by atoms with Crippen molar-refractivity contribution in [3.63, 3.8) is 0 Å². The largest absolute Gasteiger partial charge is 0.340 e. The molecule has 0 fully saturated rings. The second-order valence-corrected chi connectivity index (χ2v) is 7.84. The molecule has 2 amide bonds. The van der Waals surface area contributed by atoms with Gasteiger partial charge in [0.25, 0.3) is 0 Å². The Bertz CT molecular complexity index is 1310. The highest BCUT2D eigenvalue weighted by Crippen LogP contribution is 2.27. The number of hydrogen-bond donors (Lipinski definition) is 4. The van der Waals surface area contributed by atoms with Gasteiger partial charge in [-0.05, 0) is 73.4 Å². The molecule has 0 atom stereocenters. The van der Waals surface area contributed by atoms with Crippen LogP contribution in [0.25, 0.3) is 0 Å². The lowest BCUT2D eigenvalue weighted by Gasteiger charge is -2.15. The second-order valence-electron chi connectivity index (χ2n) is 7.84. The zero-order valence-electron chi connectivity index (χ0n) is 18.1. The van der Waals surface area contributed by atoms with Gasteiger partial charge in [-0.1, -0.05) is 18.2 Å². The van der Waals surface area contributed by atoms with E-state index in [4.69, 9.17) is 0 Å². The second kappa shape index (κ2) is 8.96. The van der Waals surface area contributed by atoms with E-state index in [1.807, 2.05) is 43.3 Å². The molecule has 0 spiro atoms. The minimum absolute atomic E-state index is 0.337. The molecule has 0 aliphatic carbocycles. The molecule has 4 N–H and O–H groups in total. The predicted octanol–water partition coefficient (Wildman–Crippen LogP) is 5.41. The summed E-state index contributed by atoms with van der Waals surface area (Å²) in [5.74, 6) is 1.75. The smallest absolute Gasteiger partial charge is 0.324 e. The maximum absolute atomic E-state index is 12.6. The number of nitrogens with one attached hydrogen (secondary N) is 4. The van der Waals surface area contributed by atoms with Crippen molar-refractivity contribution >= 4 is 40.7 Å². The lowest BCUT2D eigenvalue weighted by molar-refractivity contribution is 0.262. The Morgan fingerprint density at radius 2 is 1.82 bits per heavy atom. The van der Waals surface area contributed by atoms with Gasteiger partial charge < -0.3 is 16.0 Å². The fourth-order valence-electron chi connectivity index (χ4n) is 3.69. The fourth-order valence-corrected chi connectivity index (χ4v) is 3.69. The molecule has 1 aliphatic rings. The number of hydrogen-bond acceptors (Lipinski definition) is 6. The first-order valence-electron chi connectivity index (χ1n) is 10.7. The predicted molar refractivity (Wildman–Crippen MR) is 131 cm³/mol. The van der Waals surface area contributed by atoms with Crippen LogP contribution in [0, 0.1) is 6.92 Å². The van der Waals surface area contributed by atoms with Crippen molar-refractivity contribution in [1.29, 1.82) is 0 Å². The van der Waals surface area contributed by atoms with E-state index >= 15 is 0 Å². The van der Waals surface area contributed by atoms with Gasteiger partial charge in [-0.15, -0.1) is 0 Å². The topological polar surface area (TPSA) is 104 Å². The third-order valence-electron chi connectivity index (χ3n) is 5.36. The van der Waals surface area contributed by atoms with Crippen LogP contribution in [-0.2, 0) is 12.8 Å². The van der Waals surface area contributed by atoms with Crippen molar-refractivity contribution < 1.29 is 4.79 Å². The van der Waals surface area contributed by atoms with E-state index in [9.17, 15) is 4.79 Å². The number of fused-ring (bicyclic) bond motifs is 6. The molecular formula is C25H23N7O. The molecule has 2 aromatic heterocycles. The Balaban J connectivity index is 1.47. The van der Waals surface area contributed by atoms with Crippen molar-refractivity contribution in [1.82, 2.24) is 15.0 Å². The molecule has 4 aromatic rings. The maximum Gasteiger partial charge on any atom is 0.324 e. The van der Waals surface area contributed by atoms with Gasteiger partial charge in [0.15, 0.2) is 0 Å². The average Bonchev–Trinajstić information content (AvgIpc) is 2.82. The summed E-state index contributed by atoms with van der Waals surface area (Å²) < 4.78 is 0. The van der Waals surface area contributed by atoms with E-state index in [1.54, 1.807) is 24.5 Å². The summed E-state index contributed by atoms with van der Waals surface area (Å²) in [6.07, 6.45) is 4.99. The van der Waals surface area contributed by atoms with Gasteiger partial charge in [-0.2, -0.15) is 4.98 Å². The van der Waals surface area contributed by atoms with Gasteiger partial charge in [-0.3, -0.25) is 5.32 Å². The number of aryl methyl sites for hydroxylation is 3. The van der Waals surface area contributed by atoms with E-state index in [0.717, 1.165) is 46.8 Å². The Morgan fingerprint density at radius 3 is 2.70 bits per heavy atom. The highest BCUT2D eigenvalue weighted by molar-refractivity contribution is 5.99. The quantitative estimate of drug-likeness (QED) is 0.334. The maximum atomic E-state index is 12.6. The Kier molecular flexibility index (Phi) is 5.55. The number of amides is 2. The molecule has 0 unspecified atom stereocenters. The van der Waals surface area contributed by atoms with Crippen molar-refractivity contribution in [3.05, 3.63) is 89.7 Å². The lowest BCUT2D eigenvalue weighted by atomic mass is 10.0. The van der Waals surface area contributed by atoms with E-state index in [1.165, 1.54) is 5.56 Å². The first kappa shape index (κ1) is 20.4. The van der Waals surface area contributed by atoms with Gasteiger partial charge in [0.1, 0.15) is 11.6 Å². The zero-order chi connectivity index (χ0) is 22.6. The van der Waals surface area contributed by atoms with Crippen LogP contribution in [0.15, 0.2) is 73.1 Å². The molecule has 164 valence electrons. The van der Waals surface area contributed by atoms with Crippen LogP contribution < -0.4 is 21.3 Å². The van der Waals surface area contributed by atoms with E-state index in [0.29, 0.717) is 11.8 Å². The van der Waals surface area contributed by atoms with Gasteiger partial charge in [-0.25, -0.2) is 14.8 Å². The molecule has 2 aromatic carbocycles. The van der Waals surface area contributed by atoms with Crippen LogP contribution in [0.2, 0.25) is 0 Å². The minimum Gasteiger partial charge on any atom is -0.340 e. The van der Waals surface area contributed by atoms with Crippen molar-refractivity contribution in [3.8, 4) is 0 Å². The molecule has 3 heterocycles. The summed E-state index contributed by atoms with van der Waals surface area (Å²) in [5.41, 5.74) is 5.69. The standard InChI is InChI=1S/C25H23N7O/c1-16-15-27-24-29-19-6-4-5-17(13-19)8-9-18-14-20(28-23(16)32-24)10-11-21(18)30-25(33)31-22-7-2-3-12-26-22/h2-7,10-15H,8-9H2,1H3,(H2,26,30,31,33)(H2,27,28,29,32). The normalized spacial score (nSPS) is 12.2. The first-order chi connectivity index (χ1) is 16.1. The molecule has 5 rings (SSSR count). The van der Waals surface area contributed by atoms with E-state index in [2.05, 4.69) is 48.4 Å². The van der Waals surface area contributed by atoms with Crippen molar-refractivity contribution in [2.45, 2.75) is 19.8 Å². The van der Waals surface area contributed by atoms with Crippen LogP contribution in [-0.4, -0.2) is 21.0 Å². The van der Waals surface area contributed by atoms with Crippen LogP contribution in [0.5, 0.6) is 0 Å². The van der Waals surface area contributed by atoms with E-state index in [-0.39, 0.29) is 6.03 Å².